The van der Waals surface area contributed by atoms with Crippen LogP contribution in [0.4, 0.5) is 0 Å². The van der Waals surface area contributed by atoms with E-state index in [9.17, 15) is 14.7 Å². The number of furan rings is 1. The fourth-order valence-electron chi connectivity index (χ4n) is 2.98. The average Bonchev–Trinajstić information content (AvgIpc) is 3.07. The zero-order chi connectivity index (χ0) is 21.7. The molecule has 156 valence electrons. The van der Waals surface area contributed by atoms with E-state index in [2.05, 4.69) is 11.1 Å². The van der Waals surface area contributed by atoms with Gasteiger partial charge in [-0.1, -0.05) is 12.1 Å². The first kappa shape index (κ1) is 21.1. The van der Waals surface area contributed by atoms with Gasteiger partial charge in [-0.2, -0.15) is 5.26 Å². The second kappa shape index (κ2) is 9.24. The minimum atomic E-state index is -1.00. The number of benzene rings is 1. The predicted molar refractivity (Wildman–Crippen MR) is 106 cm³/mol. The Morgan fingerprint density at radius 1 is 1.37 bits per heavy atom. The molecule has 9 nitrogen and oxygen atoms in total. The Hall–Kier alpha value is -3.64. The summed E-state index contributed by atoms with van der Waals surface area (Å²) in [6, 6.07) is 9.02. The first-order chi connectivity index (χ1) is 14.4. The molecule has 30 heavy (non-hydrogen) atoms. The van der Waals surface area contributed by atoms with Crippen molar-refractivity contribution in [2.45, 2.75) is 32.9 Å². The monoisotopic (exact) mass is 411 g/mol. The van der Waals surface area contributed by atoms with Gasteiger partial charge >= 0.3 is 5.97 Å². The van der Waals surface area contributed by atoms with E-state index >= 15 is 0 Å². The SMILES string of the molecule is CCOC(=O)c1c(C)oc2ncn(C[C@H](O)COc3ccc(CC#N)cc3)c(=O)c12. The Morgan fingerprint density at radius 2 is 2.10 bits per heavy atom. The van der Waals surface area contributed by atoms with E-state index in [4.69, 9.17) is 19.2 Å². The third-order valence-corrected chi connectivity index (χ3v) is 4.39. The molecule has 0 unspecified atom stereocenters. The zero-order valence-corrected chi connectivity index (χ0v) is 16.6. The molecule has 0 aliphatic carbocycles. The molecule has 0 amide bonds. The molecule has 2 heterocycles. The van der Waals surface area contributed by atoms with Gasteiger partial charge in [0.15, 0.2) is 0 Å². The van der Waals surface area contributed by atoms with Gasteiger partial charge in [-0.3, -0.25) is 9.36 Å². The molecule has 0 aliphatic rings. The summed E-state index contributed by atoms with van der Waals surface area (Å²) in [5.41, 5.74) is 0.436. The summed E-state index contributed by atoms with van der Waals surface area (Å²) >= 11 is 0. The normalized spacial score (nSPS) is 11.8. The van der Waals surface area contributed by atoms with Crippen molar-refractivity contribution in [2.24, 2.45) is 0 Å². The van der Waals surface area contributed by atoms with E-state index in [1.54, 1.807) is 38.1 Å². The van der Waals surface area contributed by atoms with Crippen molar-refractivity contribution in [1.82, 2.24) is 9.55 Å². The van der Waals surface area contributed by atoms with Crippen molar-refractivity contribution in [3.8, 4) is 11.8 Å². The predicted octanol–water partition coefficient (Wildman–Crippen LogP) is 1.98. The number of carbonyl (C=O) groups is 1. The van der Waals surface area contributed by atoms with Crippen molar-refractivity contribution < 1.29 is 23.8 Å². The standard InChI is InChI=1S/C21H21N3O6/c1-3-28-21(27)17-13(2)30-19-18(17)20(26)24(12-23-19)10-15(25)11-29-16-6-4-14(5-7-16)8-9-22/h4-7,12,15,25H,3,8,10-11H2,1-2H3/t15-/m0/s1. The molecule has 2 aromatic heterocycles. The van der Waals surface area contributed by atoms with Crippen LogP contribution in [-0.4, -0.2) is 39.9 Å². The van der Waals surface area contributed by atoms with Crippen molar-refractivity contribution in [3.63, 3.8) is 0 Å². The number of carbonyl (C=O) groups excluding carboxylic acids is 1. The highest BCUT2D eigenvalue weighted by atomic mass is 16.5. The lowest BCUT2D eigenvalue weighted by molar-refractivity contribution is 0.0526. The third-order valence-electron chi connectivity index (χ3n) is 4.39. The highest BCUT2D eigenvalue weighted by Gasteiger charge is 2.24. The molecule has 0 bridgehead atoms. The van der Waals surface area contributed by atoms with Gasteiger partial charge < -0.3 is 19.0 Å². The van der Waals surface area contributed by atoms with Gasteiger partial charge in [0.2, 0.25) is 5.71 Å². The molecule has 3 aromatic rings. The maximum Gasteiger partial charge on any atom is 0.342 e. The number of nitrogens with zero attached hydrogens (tertiary/aromatic N) is 3. The number of ether oxygens (including phenoxy) is 2. The molecule has 0 saturated heterocycles. The lowest BCUT2D eigenvalue weighted by Crippen LogP contribution is -2.30. The second-order valence-corrected chi connectivity index (χ2v) is 6.58. The van der Waals surface area contributed by atoms with Crippen LogP contribution in [0.5, 0.6) is 5.75 Å². The van der Waals surface area contributed by atoms with Crippen molar-refractivity contribution in [2.75, 3.05) is 13.2 Å². The van der Waals surface area contributed by atoms with Crippen LogP contribution in [0, 0.1) is 18.3 Å². The largest absolute Gasteiger partial charge is 0.491 e. The fraction of sp³-hybridized carbons (Fsp3) is 0.333. The topological polar surface area (TPSA) is 128 Å². The van der Waals surface area contributed by atoms with Crippen LogP contribution in [0.2, 0.25) is 0 Å². The number of fused-ring (bicyclic) bond motifs is 1. The fourth-order valence-corrected chi connectivity index (χ4v) is 2.98. The smallest absolute Gasteiger partial charge is 0.342 e. The summed E-state index contributed by atoms with van der Waals surface area (Å²) in [4.78, 5) is 29.1. The van der Waals surface area contributed by atoms with E-state index < -0.39 is 17.6 Å². The van der Waals surface area contributed by atoms with Gasteiger partial charge in [0.1, 0.15) is 41.5 Å². The Morgan fingerprint density at radius 3 is 2.77 bits per heavy atom. The van der Waals surface area contributed by atoms with Crippen molar-refractivity contribution in [3.05, 3.63) is 57.8 Å². The summed E-state index contributed by atoms with van der Waals surface area (Å²) in [6.45, 7) is 3.24. The Balaban J connectivity index is 1.74. The minimum absolute atomic E-state index is 0.0228. The van der Waals surface area contributed by atoms with Gasteiger partial charge in [-0.15, -0.1) is 0 Å². The third kappa shape index (κ3) is 4.50. The number of esters is 1. The van der Waals surface area contributed by atoms with Crippen LogP contribution in [0.15, 0.2) is 39.8 Å². The number of hydrogen-bond donors (Lipinski definition) is 1. The molecule has 1 N–H and O–H groups in total. The number of aryl methyl sites for hydroxylation is 1. The van der Waals surface area contributed by atoms with Crippen LogP contribution >= 0.6 is 0 Å². The number of aliphatic hydroxyl groups is 1. The van der Waals surface area contributed by atoms with E-state index in [0.29, 0.717) is 12.2 Å². The van der Waals surface area contributed by atoms with Gasteiger partial charge in [0, 0.05) is 0 Å². The molecule has 3 rings (SSSR count). The van der Waals surface area contributed by atoms with Crippen LogP contribution in [0.3, 0.4) is 0 Å². The molecule has 0 saturated carbocycles. The van der Waals surface area contributed by atoms with E-state index in [-0.39, 0.29) is 42.2 Å². The summed E-state index contributed by atoms with van der Waals surface area (Å²) in [5, 5.41) is 19.0. The van der Waals surface area contributed by atoms with Crippen LogP contribution < -0.4 is 10.3 Å². The lowest BCUT2D eigenvalue weighted by Gasteiger charge is -2.14. The molecule has 0 aliphatic heterocycles. The molecular formula is C21H21N3O6. The Kier molecular flexibility index (Phi) is 6.49. The molecule has 1 atom stereocenters. The summed E-state index contributed by atoms with van der Waals surface area (Å²) in [5.74, 6) is 0.121. The van der Waals surface area contributed by atoms with E-state index in [1.807, 2.05) is 0 Å². The van der Waals surface area contributed by atoms with Crippen molar-refractivity contribution >= 4 is 17.1 Å². The Labute approximate surface area is 172 Å². The molecule has 1 aromatic carbocycles. The lowest BCUT2D eigenvalue weighted by atomic mass is 10.2. The summed E-state index contributed by atoms with van der Waals surface area (Å²) in [7, 11) is 0. The average molecular weight is 411 g/mol. The highest BCUT2D eigenvalue weighted by Crippen LogP contribution is 2.21. The van der Waals surface area contributed by atoms with Crippen LogP contribution in [0.1, 0.15) is 28.6 Å². The zero-order valence-electron chi connectivity index (χ0n) is 16.6. The van der Waals surface area contributed by atoms with Crippen molar-refractivity contribution in [1.29, 1.82) is 5.26 Å². The quantitative estimate of drug-likeness (QED) is 0.557. The minimum Gasteiger partial charge on any atom is -0.491 e. The summed E-state index contributed by atoms with van der Waals surface area (Å²) < 4.78 is 17.1. The van der Waals surface area contributed by atoms with E-state index in [1.165, 1.54) is 10.9 Å². The van der Waals surface area contributed by atoms with Gasteiger partial charge in [0.25, 0.3) is 5.56 Å². The Bertz CT molecular complexity index is 1140. The maximum absolute atomic E-state index is 12.9. The number of aromatic nitrogens is 2. The van der Waals surface area contributed by atoms with Crippen LogP contribution in [0.25, 0.3) is 11.1 Å². The van der Waals surface area contributed by atoms with Gasteiger partial charge in [0.05, 0.1) is 25.6 Å². The van der Waals surface area contributed by atoms with Gasteiger partial charge in [-0.05, 0) is 31.5 Å². The molecule has 9 heteroatoms. The molecule has 0 radical (unpaired) electrons. The number of hydrogen-bond acceptors (Lipinski definition) is 8. The second-order valence-electron chi connectivity index (χ2n) is 6.58. The molecule has 0 spiro atoms. The van der Waals surface area contributed by atoms with E-state index in [0.717, 1.165) is 5.56 Å². The van der Waals surface area contributed by atoms with Gasteiger partial charge in [-0.25, -0.2) is 9.78 Å². The maximum atomic E-state index is 12.9. The highest BCUT2D eigenvalue weighted by molar-refractivity contribution is 6.03. The molecule has 0 fully saturated rings. The first-order valence-corrected chi connectivity index (χ1v) is 9.37. The summed E-state index contributed by atoms with van der Waals surface area (Å²) in [6.07, 6.45) is 0.560. The first-order valence-electron chi connectivity index (χ1n) is 9.37. The number of rotatable bonds is 8. The van der Waals surface area contributed by atoms with Crippen LogP contribution in [-0.2, 0) is 17.7 Å². The molecular weight excluding hydrogens is 390 g/mol. The number of nitriles is 1. The number of aliphatic hydroxyl groups excluding tert-OH is 1.